The lowest BCUT2D eigenvalue weighted by molar-refractivity contribution is -0.131. The van der Waals surface area contributed by atoms with E-state index < -0.39 is 5.60 Å². The first-order valence-corrected chi connectivity index (χ1v) is 12.1. The second-order valence-corrected chi connectivity index (χ2v) is 10.1. The van der Waals surface area contributed by atoms with E-state index in [9.17, 15) is 14.0 Å². The van der Waals surface area contributed by atoms with Gasteiger partial charge in [0.2, 0.25) is 5.91 Å². The lowest BCUT2D eigenvalue weighted by Crippen LogP contribution is -2.61. The average molecular weight is 481 g/mol. The minimum atomic E-state index is -0.561. The van der Waals surface area contributed by atoms with E-state index in [1.54, 1.807) is 24.3 Å². The number of nitrogens with one attached hydrogen (secondary N) is 3. The predicted molar refractivity (Wildman–Crippen MR) is 132 cm³/mol. The van der Waals surface area contributed by atoms with Crippen LogP contribution in [0.1, 0.15) is 80.9 Å². The van der Waals surface area contributed by atoms with Crippen LogP contribution in [0.5, 0.6) is 5.75 Å². The largest absolute Gasteiger partial charge is 0.487 e. The molecule has 0 aromatic heterocycles. The molecular formula is C27H33FN4O3. The number of rotatable bonds is 6. The number of ether oxygens (including phenoxy) is 1. The van der Waals surface area contributed by atoms with E-state index >= 15 is 0 Å². The standard InChI is InChI=1S/C27H33FN4O3/c1-5-27(6-2)15-23(33)32(25(29)31-27)16-17-8-7-9-18(12-17)24(34)30-21-14-26(3,4)35-22-13-19(28)10-11-20(21)22/h7-13,21H,5-6,14-16H2,1-4H3,(H2,29,31)(H,30,34). The van der Waals surface area contributed by atoms with Crippen molar-refractivity contribution < 1.29 is 18.7 Å². The van der Waals surface area contributed by atoms with E-state index in [-0.39, 0.29) is 41.7 Å². The van der Waals surface area contributed by atoms with E-state index in [1.165, 1.54) is 17.0 Å². The fourth-order valence-electron chi connectivity index (χ4n) is 4.91. The first kappa shape index (κ1) is 24.7. The van der Waals surface area contributed by atoms with Gasteiger partial charge in [0.25, 0.3) is 5.91 Å². The summed E-state index contributed by atoms with van der Waals surface area (Å²) in [6, 6.07) is 11.1. The molecule has 2 aliphatic heterocycles. The molecule has 0 spiro atoms. The second kappa shape index (κ2) is 9.32. The third-order valence-electron chi connectivity index (χ3n) is 7.07. The molecule has 0 aliphatic carbocycles. The normalized spacial score (nSPS) is 20.5. The second-order valence-electron chi connectivity index (χ2n) is 10.1. The third-order valence-corrected chi connectivity index (χ3v) is 7.07. The van der Waals surface area contributed by atoms with Crippen LogP contribution in [0.3, 0.4) is 0 Å². The molecule has 0 radical (unpaired) electrons. The van der Waals surface area contributed by atoms with Gasteiger partial charge in [-0.25, -0.2) is 4.39 Å². The first-order chi connectivity index (χ1) is 16.5. The number of carbonyl (C=O) groups excluding carboxylic acids is 2. The molecule has 7 nitrogen and oxygen atoms in total. The molecule has 4 rings (SSSR count). The maximum absolute atomic E-state index is 13.8. The quantitative estimate of drug-likeness (QED) is 0.560. The Morgan fingerprint density at radius 1 is 1.23 bits per heavy atom. The molecule has 1 fully saturated rings. The summed E-state index contributed by atoms with van der Waals surface area (Å²) >= 11 is 0. The summed E-state index contributed by atoms with van der Waals surface area (Å²) in [5.41, 5.74) is 1.02. The number of nitrogens with zero attached hydrogens (tertiary/aromatic N) is 1. The zero-order chi connectivity index (χ0) is 25.4. The van der Waals surface area contributed by atoms with E-state index in [2.05, 4.69) is 10.6 Å². The summed E-state index contributed by atoms with van der Waals surface area (Å²) < 4.78 is 19.7. The van der Waals surface area contributed by atoms with Crippen LogP contribution < -0.4 is 15.4 Å². The summed E-state index contributed by atoms with van der Waals surface area (Å²) in [5.74, 6) is -0.223. The molecule has 2 aromatic carbocycles. The van der Waals surface area contributed by atoms with Gasteiger partial charge in [-0.2, -0.15) is 0 Å². The number of amides is 2. The number of benzene rings is 2. The van der Waals surface area contributed by atoms with Gasteiger partial charge in [-0.1, -0.05) is 32.0 Å². The van der Waals surface area contributed by atoms with Gasteiger partial charge in [-0.05, 0) is 50.5 Å². The van der Waals surface area contributed by atoms with Crippen molar-refractivity contribution in [3.63, 3.8) is 0 Å². The number of halogens is 1. The summed E-state index contributed by atoms with van der Waals surface area (Å²) in [7, 11) is 0. The van der Waals surface area contributed by atoms with Crippen LogP contribution in [0, 0.1) is 11.2 Å². The molecule has 1 saturated heterocycles. The van der Waals surface area contributed by atoms with Crippen LogP contribution >= 0.6 is 0 Å². The van der Waals surface area contributed by atoms with Gasteiger partial charge < -0.3 is 15.4 Å². The molecule has 2 aromatic rings. The van der Waals surface area contributed by atoms with Gasteiger partial charge in [0.1, 0.15) is 17.2 Å². The fraction of sp³-hybridized carbons (Fsp3) is 0.444. The van der Waals surface area contributed by atoms with Crippen LogP contribution in [-0.4, -0.2) is 33.8 Å². The van der Waals surface area contributed by atoms with Crippen molar-refractivity contribution in [3.05, 3.63) is 65.0 Å². The van der Waals surface area contributed by atoms with Crippen molar-refractivity contribution in [1.82, 2.24) is 15.5 Å². The van der Waals surface area contributed by atoms with E-state index in [1.807, 2.05) is 33.8 Å². The lowest BCUT2D eigenvalue weighted by atomic mass is 9.87. The van der Waals surface area contributed by atoms with Crippen LogP contribution in [-0.2, 0) is 11.3 Å². The minimum absolute atomic E-state index is 0.0908. The fourth-order valence-corrected chi connectivity index (χ4v) is 4.91. The zero-order valence-corrected chi connectivity index (χ0v) is 20.7. The van der Waals surface area contributed by atoms with Crippen molar-refractivity contribution in [2.75, 3.05) is 0 Å². The monoisotopic (exact) mass is 480 g/mol. The highest BCUT2D eigenvalue weighted by Crippen LogP contribution is 2.40. The number of fused-ring (bicyclic) bond motifs is 1. The van der Waals surface area contributed by atoms with Crippen molar-refractivity contribution in [3.8, 4) is 5.75 Å². The molecule has 35 heavy (non-hydrogen) atoms. The Labute approximate surface area is 205 Å². The Balaban J connectivity index is 1.49. The van der Waals surface area contributed by atoms with Gasteiger partial charge >= 0.3 is 0 Å². The molecule has 1 atom stereocenters. The summed E-state index contributed by atoms with van der Waals surface area (Å²) in [6.07, 6.45) is 2.40. The molecule has 2 aliphatic rings. The topological polar surface area (TPSA) is 94.5 Å². The number of hydrogen-bond acceptors (Lipinski definition) is 4. The first-order valence-electron chi connectivity index (χ1n) is 12.1. The van der Waals surface area contributed by atoms with Gasteiger partial charge in [0, 0.05) is 29.2 Å². The van der Waals surface area contributed by atoms with Crippen molar-refractivity contribution in [1.29, 1.82) is 5.41 Å². The summed E-state index contributed by atoms with van der Waals surface area (Å²) in [6.45, 7) is 8.06. The van der Waals surface area contributed by atoms with Gasteiger partial charge in [0.15, 0.2) is 5.96 Å². The predicted octanol–water partition coefficient (Wildman–Crippen LogP) is 4.67. The molecule has 186 valence electrons. The molecule has 8 heteroatoms. The van der Waals surface area contributed by atoms with Crippen molar-refractivity contribution in [2.24, 2.45) is 0 Å². The van der Waals surface area contributed by atoms with Crippen molar-refractivity contribution >= 4 is 17.8 Å². The maximum Gasteiger partial charge on any atom is 0.251 e. The smallest absolute Gasteiger partial charge is 0.251 e. The lowest BCUT2D eigenvalue weighted by Gasteiger charge is -2.42. The Morgan fingerprint density at radius 3 is 2.66 bits per heavy atom. The summed E-state index contributed by atoms with van der Waals surface area (Å²) in [5, 5.41) is 14.7. The van der Waals surface area contributed by atoms with E-state index in [0.29, 0.717) is 24.2 Å². The Hall–Kier alpha value is -3.42. The SMILES string of the molecule is CCC1(CC)CC(=O)N(Cc2cccc(C(=O)NC3CC(C)(C)Oc4cc(F)ccc43)c2)C(=N)N1. The number of carbonyl (C=O) groups is 2. The third kappa shape index (κ3) is 5.16. The molecule has 0 bridgehead atoms. The van der Waals surface area contributed by atoms with Gasteiger partial charge in [-0.15, -0.1) is 0 Å². The number of hydrogen-bond donors (Lipinski definition) is 3. The van der Waals surface area contributed by atoms with Crippen LogP contribution in [0.15, 0.2) is 42.5 Å². The van der Waals surface area contributed by atoms with Crippen LogP contribution in [0.2, 0.25) is 0 Å². The highest BCUT2D eigenvalue weighted by molar-refractivity contribution is 5.99. The van der Waals surface area contributed by atoms with Crippen molar-refractivity contribution in [2.45, 2.75) is 77.1 Å². The molecule has 3 N–H and O–H groups in total. The van der Waals surface area contributed by atoms with Gasteiger partial charge in [0.05, 0.1) is 19.0 Å². The maximum atomic E-state index is 13.8. The Kier molecular flexibility index (Phi) is 6.58. The molecular weight excluding hydrogens is 447 g/mol. The molecule has 2 heterocycles. The van der Waals surface area contributed by atoms with Crippen LogP contribution in [0.25, 0.3) is 0 Å². The Morgan fingerprint density at radius 2 is 1.97 bits per heavy atom. The van der Waals surface area contributed by atoms with Gasteiger partial charge in [-0.3, -0.25) is 19.9 Å². The minimum Gasteiger partial charge on any atom is -0.487 e. The van der Waals surface area contributed by atoms with E-state index in [4.69, 9.17) is 10.1 Å². The molecule has 2 amide bonds. The zero-order valence-electron chi connectivity index (χ0n) is 20.7. The highest BCUT2D eigenvalue weighted by Gasteiger charge is 2.39. The van der Waals surface area contributed by atoms with E-state index in [0.717, 1.165) is 24.0 Å². The summed E-state index contributed by atoms with van der Waals surface area (Å²) in [4.78, 5) is 27.5. The van der Waals surface area contributed by atoms with Crippen LogP contribution in [0.4, 0.5) is 4.39 Å². The highest BCUT2D eigenvalue weighted by atomic mass is 19.1. The Bertz CT molecular complexity index is 1140. The molecule has 1 unspecified atom stereocenters. The number of guanidine groups is 1. The molecule has 0 saturated carbocycles. The average Bonchev–Trinajstić information content (AvgIpc) is 2.80.